The van der Waals surface area contributed by atoms with Crippen molar-refractivity contribution in [1.29, 1.82) is 0 Å². The van der Waals surface area contributed by atoms with Gasteiger partial charge in [0.1, 0.15) is 12.6 Å². The molecule has 6 heteroatoms. The quantitative estimate of drug-likeness (QED) is 0.341. The molecule has 4 unspecified atom stereocenters. The Balaban J connectivity index is 1.70. The summed E-state index contributed by atoms with van der Waals surface area (Å²) < 4.78 is 0. The minimum absolute atomic E-state index is 0.0418. The van der Waals surface area contributed by atoms with Gasteiger partial charge in [-0.15, -0.1) is 0 Å². The summed E-state index contributed by atoms with van der Waals surface area (Å²) in [6.45, 7) is 2.04. The minimum atomic E-state index is -1.20. The van der Waals surface area contributed by atoms with Crippen molar-refractivity contribution in [2.24, 2.45) is 5.92 Å². The summed E-state index contributed by atoms with van der Waals surface area (Å²) in [7, 11) is 0. The lowest BCUT2D eigenvalue weighted by atomic mass is 9.75. The molecule has 1 heterocycles. The number of benzene rings is 4. The first kappa shape index (κ1) is 24.9. The number of halogens is 1. The van der Waals surface area contributed by atoms with Gasteiger partial charge >= 0.3 is 5.97 Å². The fourth-order valence-electron chi connectivity index (χ4n) is 5.36. The number of hydroxylamine groups is 2. The van der Waals surface area contributed by atoms with E-state index in [4.69, 9.17) is 11.6 Å². The summed E-state index contributed by atoms with van der Waals surface area (Å²) in [5.74, 6) is -3.81. The van der Waals surface area contributed by atoms with Crippen LogP contribution in [-0.2, 0) is 11.3 Å². The number of aryl methyl sites for hydroxylation is 1. The number of rotatable bonds is 5. The first-order chi connectivity index (χ1) is 17.8. The molecule has 2 N–H and O–H groups in total. The molecule has 4 aromatic carbocycles. The number of carboxylic acid groups (broad SMARTS) is 1. The van der Waals surface area contributed by atoms with Crippen molar-refractivity contribution < 1.29 is 19.8 Å². The normalized spacial score (nSPS) is 20.1. The zero-order chi connectivity index (χ0) is 26.1. The third-order valence-electron chi connectivity index (χ3n) is 7.11. The van der Waals surface area contributed by atoms with Crippen molar-refractivity contribution in [2.45, 2.75) is 25.4 Å². The van der Waals surface area contributed by atoms with E-state index in [1.807, 2.05) is 43.3 Å². The molecule has 37 heavy (non-hydrogen) atoms. The predicted molar refractivity (Wildman–Crippen MR) is 143 cm³/mol. The number of hydrogen-bond donors (Lipinski definition) is 2. The number of hydrogen-bond acceptors (Lipinski definition) is 3. The van der Waals surface area contributed by atoms with Gasteiger partial charge in [0.2, 0.25) is 0 Å². The predicted octanol–water partition coefficient (Wildman–Crippen LogP) is 5.62. The van der Waals surface area contributed by atoms with Crippen LogP contribution in [-0.4, -0.2) is 16.9 Å². The number of carbonyl (C=O) groups is 2. The summed E-state index contributed by atoms with van der Waals surface area (Å²) in [5.41, 5.74) is 4.97. The number of fused-ring (bicyclic) bond motifs is 1. The van der Waals surface area contributed by atoms with Gasteiger partial charge in [0.25, 0.3) is 0 Å². The number of ketones is 1. The maximum Gasteiger partial charge on any atom is 0.311 e. The maximum absolute atomic E-state index is 14.4. The molecular weight excluding hydrogens is 486 g/mol. The summed E-state index contributed by atoms with van der Waals surface area (Å²) in [4.78, 5) is 27.1. The molecule has 4 aromatic rings. The van der Waals surface area contributed by atoms with Crippen LogP contribution in [0.4, 0.5) is 0 Å². The van der Waals surface area contributed by atoms with Crippen LogP contribution in [0.25, 0.3) is 11.1 Å². The third-order valence-corrected chi connectivity index (χ3v) is 7.37. The molecule has 0 fully saturated rings. The second kappa shape index (κ2) is 10.3. The molecular formula is C31H26ClNO4. The molecule has 1 aliphatic rings. The van der Waals surface area contributed by atoms with Crippen LogP contribution in [0.2, 0.25) is 5.02 Å². The summed E-state index contributed by atoms with van der Waals surface area (Å²) in [5, 5.41) is 24.5. The molecule has 5 nitrogen and oxygen atoms in total. The number of carbonyl (C=O) groups excluding carboxylic acids is 1. The Kier molecular flexibility index (Phi) is 6.94. The van der Waals surface area contributed by atoms with Gasteiger partial charge in [0, 0.05) is 21.7 Å². The van der Waals surface area contributed by atoms with Crippen LogP contribution in [0, 0.1) is 18.0 Å². The Morgan fingerprint density at radius 3 is 2.32 bits per heavy atom. The number of nitrogens with one attached hydrogen (secondary N) is 1. The Morgan fingerprint density at radius 1 is 0.946 bits per heavy atom. The first-order valence-electron chi connectivity index (χ1n) is 12.1. The highest BCUT2D eigenvalue weighted by Gasteiger charge is 2.47. The van der Waals surface area contributed by atoms with Gasteiger partial charge < -0.3 is 15.4 Å². The van der Waals surface area contributed by atoms with E-state index >= 15 is 0 Å². The monoisotopic (exact) mass is 511 g/mol. The van der Waals surface area contributed by atoms with E-state index in [1.165, 1.54) is 0 Å². The van der Waals surface area contributed by atoms with Gasteiger partial charge in [-0.1, -0.05) is 96.0 Å². The lowest BCUT2D eigenvalue weighted by molar-refractivity contribution is -0.899. The number of carboxylic acids is 1. The third kappa shape index (κ3) is 4.94. The van der Waals surface area contributed by atoms with Crippen LogP contribution >= 0.6 is 11.6 Å². The number of quaternary nitrogens is 1. The van der Waals surface area contributed by atoms with E-state index < -0.39 is 23.8 Å². The Labute approximate surface area is 220 Å². The van der Waals surface area contributed by atoms with E-state index in [2.05, 4.69) is 0 Å². The Morgan fingerprint density at radius 2 is 1.65 bits per heavy atom. The van der Waals surface area contributed by atoms with Gasteiger partial charge in [-0.25, -0.2) is 0 Å². The van der Waals surface area contributed by atoms with Crippen LogP contribution in [0.15, 0.2) is 97.1 Å². The zero-order valence-corrected chi connectivity index (χ0v) is 21.0. The topological polar surface area (TPSA) is 81.9 Å². The average Bonchev–Trinajstić information content (AvgIpc) is 2.99. The van der Waals surface area contributed by atoms with Crippen LogP contribution in [0.3, 0.4) is 0 Å². The lowest BCUT2D eigenvalue weighted by Crippen LogP contribution is -3.07. The van der Waals surface area contributed by atoms with Crippen molar-refractivity contribution in [3.05, 3.63) is 135 Å². The van der Waals surface area contributed by atoms with Gasteiger partial charge in [0.15, 0.2) is 5.78 Å². The second-order valence-electron chi connectivity index (χ2n) is 9.53. The van der Waals surface area contributed by atoms with Crippen LogP contribution in [0.5, 0.6) is 0 Å². The molecule has 4 atom stereocenters. The Hall–Kier alpha value is -3.77. The highest BCUT2D eigenvalue weighted by Crippen LogP contribution is 2.39. The van der Waals surface area contributed by atoms with Crippen molar-refractivity contribution in [2.75, 3.05) is 0 Å². The molecule has 1 aliphatic heterocycles. The van der Waals surface area contributed by atoms with E-state index in [9.17, 15) is 19.9 Å². The van der Waals surface area contributed by atoms with Crippen LogP contribution in [0.1, 0.15) is 44.6 Å². The smallest absolute Gasteiger partial charge is 0.311 e. The number of Topliss-reactive ketones (excluding diaryl/α,β-unsaturated/α-hetero) is 1. The summed E-state index contributed by atoms with van der Waals surface area (Å²) >= 11 is 6.11. The molecule has 0 bridgehead atoms. The molecule has 0 radical (unpaired) electrons. The highest BCUT2D eigenvalue weighted by atomic mass is 35.5. The second-order valence-corrected chi connectivity index (χ2v) is 9.97. The SMILES string of the molecule is Cc1cccc(-c2ccc3c(c2)C(=O)C(C(C(=O)O)c2ccccc2)C(c2ccc(Cl)cc2)[NH+]([O-])C3)c1. The summed E-state index contributed by atoms with van der Waals surface area (Å²) in [6, 6.07) is 28.0. The standard InChI is InChI=1S/C31H26ClNO4/c1-19-6-5-9-22(16-19)23-10-11-24-18-33(37)29(21-12-14-25(32)15-13-21)28(30(34)26(24)17-23)27(31(35)36)20-7-3-2-4-8-20/h2-17,27-29,33H,18H2,1H3,(H,35,36). The molecule has 186 valence electrons. The van der Waals surface area contributed by atoms with Crippen molar-refractivity contribution in [1.82, 2.24) is 0 Å². The van der Waals surface area contributed by atoms with E-state index in [0.717, 1.165) is 16.7 Å². The molecule has 0 saturated heterocycles. The Bertz CT molecular complexity index is 1450. The fourth-order valence-corrected chi connectivity index (χ4v) is 5.49. The van der Waals surface area contributed by atoms with Crippen molar-refractivity contribution in [3.63, 3.8) is 0 Å². The molecule has 0 aliphatic carbocycles. The maximum atomic E-state index is 14.4. The highest BCUT2D eigenvalue weighted by molar-refractivity contribution is 6.30. The van der Waals surface area contributed by atoms with E-state index in [1.54, 1.807) is 60.7 Å². The fraction of sp³-hybridized carbons (Fsp3) is 0.161. The molecule has 0 aromatic heterocycles. The van der Waals surface area contributed by atoms with Gasteiger partial charge in [-0.3, -0.25) is 9.59 Å². The number of aliphatic carboxylic acids is 1. The van der Waals surface area contributed by atoms with Crippen molar-refractivity contribution >= 4 is 23.4 Å². The van der Waals surface area contributed by atoms with E-state index in [0.29, 0.717) is 27.3 Å². The first-order valence-corrected chi connectivity index (χ1v) is 12.5. The van der Waals surface area contributed by atoms with E-state index in [-0.39, 0.29) is 17.4 Å². The summed E-state index contributed by atoms with van der Waals surface area (Å²) in [6.07, 6.45) is 0. The van der Waals surface area contributed by atoms with Crippen LogP contribution < -0.4 is 5.06 Å². The zero-order valence-electron chi connectivity index (χ0n) is 20.2. The van der Waals surface area contributed by atoms with Gasteiger partial charge in [-0.05, 0) is 41.8 Å². The lowest BCUT2D eigenvalue weighted by Gasteiger charge is -2.36. The minimum Gasteiger partial charge on any atom is -0.634 e. The molecule has 0 spiro atoms. The molecule has 0 saturated carbocycles. The largest absolute Gasteiger partial charge is 0.634 e. The molecule has 5 rings (SSSR count). The van der Waals surface area contributed by atoms with Gasteiger partial charge in [-0.2, -0.15) is 0 Å². The van der Waals surface area contributed by atoms with Gasteiger partial charge in [0.05, 0.1) is 11.8 Å². The average molecular weight is 512 g/mol. The molecule has 0 amide bonds. The van der Waals surface area contributed by atoms with Crippen molar-refractivity contribution in [3.8, 4) is 11.1 Å².